The van der Waals surface area contributed by atoms with Gasteiger partial charge in [-0.05, 0) is 49.9 Å². The third-order valence-corrected chi connectivity index (χ3v) is 5.88. The first-order valence-corrected chi connectivity index (χ1v) is 9.38. The number of para-hydroxylation sites is 1. The lowest BCUT2D eigenvalue weighted by molar-refractivity contribution is -0.123. The van der Waals surface area contributed by atoms with E-state index >= 15 is 0 Å². The van der Waals surface area contributed by atoms with Crippen LogP contribution in [0.3, 0.4) is 0 Å². The van der Waals surface area contributed by atoms with Gasteiger partial charge in [-0.2, -0.15) is 5.26 Å². The van der Waals surface area contributed by atoms with Crippen LogP contribution in [0.5, 0.6) is 0 Å². The molecule has 142 valence electrons. The minimum Gasteiger partial charge on any atom is -0.337 e. The minimum atomic E-state index is -0.244. The summed E-state index contributed by atoms with van der Waals surface area (Å²) in [4.78, 5) is 31.4. The molecule has 2 heterocycles. The first-order valence-electron chi connectivity index (χ1n) is 9.38. The molecule has 2 aromatic carbocycles. The van der Waals surface area contributed by atoms with Crippen molar-refractivity contribution in [1.29, 1.82) is 5.26 Å². The van der Waals surface area contributed by atoms with Crippen molar-refractivity contribution in [3.8, 4) is 6.07 Å². The zero-order chi connectivity index (χ0) is 19.7. The van der Waals surface area contributed by atoms with Crippen LogP contribution in [-0.2, 0) is 4.79 Å². The zero-order valence-corrected chi connectivity index (χ0v) is 15.8. The average Bonchev–Trinajstić information content (AvgIpc) is 3.16. The molecular formula is C22H22N4O2. The summed E-state index contributed by atoms with van der Waals surface area (Å²) < 4.78 is 0. The molecule has 0 bridgehead atoms. The number of rotatable bonds is 2. The standard InChI is InChI=1S/C22H22N4O2/c1-24-14-20(27)26(19-5-3-2-4-6-19)16-22(24)11-12-25(15-22)21(28)18-9-7-17(13-23)8-10-18/h2-10H,11-12,14-16H2,1H3/t22-/m1/s1. The van der Waals surface area contributed by atoms with Crippen molar-refractivity contribution >= 4 is 17.5 Å². The summed E-state index contributed by atoms with van der Waals surface area (Å²) >= 11 is 0. The molecule has 6 heteroatoms. The number of carbonyl (C=O) groups excluding carboxylic acids is 2. The van der Waals surface area contributed by atoms with Gasteiger partial charge in [0.2, 0.25) is 5.91 Å². The van der Waals surface area contributed by atoms with E-state index in [9.17, 15) is 9.59 Å². The van der Waals surface area contributed by atoms with E-state index in [0.29, 0.717) is 37.3 Å². The molecule has 4 rings (SSSR count). The second-order valence-electron chi connectivity index (χ2n) is 7.56. The first-order chi connectivity index (χ1) is 13.5. The van der Waals surface area contributed by atoms with E-state index in [0.717, 1.165) is 12.1 Å². The van der Waals surface area contributed by atoms with Gasteiger partial charge in [0.15, 0.2) is 0 Å². The maximum absolute atomic E-state index is 12.9. The summed E-state index contributed by atoms with van der Waals surface area (Å²) in [5.74, 6) is 0.0501. The van der Waals surface area contributed by atoms with Crippen molar-refractivity contribution in [3.05, 3.63) is 65.7 Å². The van der Waals surface area contributed by atoms with Crippen LogP contribution in [0.25, 0.3) is 0 Å². The Kier molecular flexibility index (Phi) is 4.62. The van der Waals surface area contributed by atoms with Crippen molar-refractivity contribution < 1.29 is 9.59 Å². The maximum Gasteiger partial charge on any atom is 0.253 e. The molecule has 0 N–H and O–H groups in total. The van der Waals surface area contributed by atoms with Crippen molar-refractivity contribution in [2.45, 2.75) is 12.0 Å². The second kappa shape index (κ2) is 7.10. The van der Waals surface area contributed by atoms with Gasteiger partial charge >= 0.3 is 0 Å². The van der Waals surface area contributed by atoms with E-state index < -0.39 is 0 Å². The number of benzene rings is 2. The second-order valence-corrected chi connectivity index (χ2v) is 7.56. The number of nitrogens with zero attached hydrogens (tertiary/aromatic N) is 4. The number of amides is 2. The molecule has 2 aromatic rings. The molecule has 2 aliphatic rings. The van der Waals surface area contributed by atoms with Gasteiger partial charge in [0.05, 0.1) is 23.7 Å². The van der Waals surface area contributed by atoms with Crippen LogP contribution < -0.4 is 4.90 Å². The van der Waals surface area contributed by atoms with Gasteiger partial charge in [0.25, 0.3) is 5.91 Å². The summed E-state index contributed by atoms with van der Waals surface area (Å²) in [5, 5.41) is 8.93. The van der Waals surface area contributed by atoms with Crippen molar-refractivity contribution in [3.63, 3.8) is 0 Å². The zero-order valence-electron chi connectivity index (χ0n) is 15.8. The molecule has 0 aromatic heterocycles. The molecule has 6 nitrogen and oxygen atoms in total. The molecule has 2 fully saturated rings. The molecule has 2 aliphatic heterocycles. The molecule has 0 unspecified atom stereocenters. The van der Waals surface area contributed by atoms with Crippen molar-refractivity contribution in [1.82, 2.24) is 9.80 Å². The highest BCUT2D eigenvalue weighted by Crippen LogP contribution is 2.34. The SMILES string of the molecule is CN1CC(=O)N(c2ccccc2)C[C@]12CCN(C(=O)c1ccc(C#N)cc1)C2. The first kappa shape index (κ1) is 18.2. The quantitative estimate of drug-likeness (QED) is 0.808. The Morgan fingerprint density at radius 1 is 1.07 bits per heavy atom. The number of likely N-dealkylation sites (N-methyl/N-ethyl adjacent to an activating group) is 1. The van der Waals surface area contributed by atoms with Crippen LogP contribution >= 0.6 is 0 Å². The Labute approximate surface area is 164 Å². The predicted molar refractivity (Wildman–Crippen MR) is 106 cm³/mol. The van der Waals surface area contributed by atoms with Gasteiger partial charge in [-0.3, -0.25) is 14.5 Å². The lowest BCUT2D eigenvalue weighted by atomic mass is 9.92. The van der Waals surface area contributed by atoms with E-state index in [4.69, 9.17) is 5.26 Å². The molecule has 0 radical (unpaired) electrons. The number of hydrogen-bond acceptors (Lipinski definition) is 4. The molecular weight excluding hydrogens is 352 g/mol. The van der Waals surface area contributed by atoms with Gasteiger partial charge in [0.1, 0.15) is 0 Å². The molecule has 0 aliphatic carbocycles. The highest BCUT2D eigenvalue weighted by molar-refractivity contribution is 5.97. The fourth-order valence-electron chi connectivity index (χ4n) is 4.14. The minimum absolute atomic E-state index is 0.0297. The number of hydrogen-bond donors (Lipinski definition) is 0. The Balaban J connectivity index is 1.54. The third-order valence-electron chi connectivity index (χ3n) is 5.88. The van der Waals surface area contributed by atoms with Crippen molar-refractivity contribution in [2.75, 3.05) is 38.1 Å². The van der Waals surface area contributed by atoms with Gasteiger partial charge in [-0.25, -0.2) is 0 Å². The largest absolute Gasteiger partial charge is 0.337 e. The average molecular weight is 374 g/mol. The number of anilines is 1. The van der Waals surface area contributed by atoms with Crippen LogP contribution in [0, 0.1) is 11.3 Å². The third kappa shape index (κ3) is 3.14. The van der Waals surface area contributed by atoms with Gasteiger partial charge < -0.3 is 9.80 Å². The van der Waals surface area contributed by atoms with Gasteiger partial charge in [-0.1, -0.05) is 18.2 Å². The van der Waals surface area contributed by atoms with E-state index in [2.05, 4.69) is 11.0 Å². The molecule has 1 spiro atoms. The lowest BCUT2D eigenvalue weighted by Crippen LogP contribution is -2.64. The molecule has 2 saturated heterocycles. The van der Waals surface area contributed by atoms with E-state index in [1.165, 1.54) is 0 Å². The van der Waals surface area contributed by atoms with Gasteiger partial charge in [-0.15, -0.1) is 0 Å². The van der Waals surface area contributed by atoms with Crippen LogP contribution in [-0.4, -0.2) is 60.4 Å². The number of nitriles is 1. The van der Waals surface area contributed by atoms with Crippen LogP contribution in [0.15, 0.2) is 54.6 Å². The fraction of sp³-hybridized carbons (Fsp3) is 0.318. The molecule has 2 amide bonds. The molecule has 1 atom stereocenters. The van der Waals surface area contributed by atoms with Crippen LogP contribution in [0.4, 0.5) is 5.69 Å². The number of likely N-dealkylation sites (tertiary alicyclic amines) is 1. The predicted octanol–water partition coefficient (Wildman–Crippen LogP) is 2.12. The monoisotopic (exact) mass is 374 g/mol. The Morgan fingerprint density at radius 2 is 1.79 bits per heavy atom. The summed E-state index contributed by atoms with van der Waals surface area (Å²) in [7, 11) is 1.97. The number of piperazine rings is 1. The lowest BCUT2D eigenvalue weighted by Gasteiger charge is -2.46. The topological polar surface area (TPSA) is 67.7 Å². The molecule has 0 saturated carbocycles. The summed E-state index contributed by atoms with van der Waals surface area (Å²) in [6.45, 7) is 2.15. The highest BCUT2D eigenvalue weighted by atomic mass is 16.2. The van der Waals surface area contributed by atoms with Crippen LogP contribution in [0.2, 0.25) is 0 Å². The van der Waals surface area contributed by atoms with E-state index in [1.54, 1.807) is 24.3 Å². The Bertz CT molecular complexity index is 935. The van der Waals surface area contributed by atoms with E-state index in [-0.39, 0.29) is 17.4 Å². The maximum atomic E-state index is 12.9. The summed E-state index contributed by atoms with van der Waals surface area (Å²) in [5.41, 5.74) is 1.78. The number of carbonyl (C=O) groups is 2. The van der Waals surface area contributed by atoms with Crippen molar-refractivity contribution in [2.24, 2.45) is 0 Å². The highest BCUT2D eigenvalue weighted by Gasteiger charge is 2.48. The summed E-state index contributed by atoms with van der Waals surface area (Å²) in [6.07, 6.45) is 0.822. The van der Waals surface area contributed by atoms with Crippen LogP contribution in [0.1, 0.15) is 22.3 Å². The Hall–Kier alpha value is -3.17. The molecule has 28 heavy (non-hydrogen) atoms. The normalized spacial score (nSPS) is 22.5. The smallest absolute Gasteiger partial charge is 0.253 e. The fourth-order valence-corrected chi connectivity index (χ4v) is 4.14. The van der Waals surface area contributed by atoms with E-state index in [1.807, 2.05) is 47.2 Å². The Morgan fingerprint density at radius 3 is 2.46 bits per heavy atom. The van der Waals surface area contributed by atoms with Gasteiger partial charge in [0, 0.05) is 30.9 Å². The summed E-state index contributed by atoms with van der Waals surface area (Å²) in [6, 6.07) is 18.5.